The normalized spacial score (nSPS) is 11.4. The van der Waals surface area contributed by atoms with E-state index in [2.05, 4.69) is 9.97 Å². The lowest BCUT2D eigenvalue weighted by Gasteiger charge is -2.00. The van der Waals surface area contributed by atoms with Gasteiger partial charge in [-0.2, -0.15) is 0 Å². The molecule has 0 bridgehead atoms. The molecule has 0 saturated heterocycles. The van der Waals surface area contributed by atoms with E-state index in [0.717, 1.165) is 0 Å². The number of hydrogen-bond acceptors (Lipinski definition) is 7. The molecule has 0 aliphatic carbocycles. The number of ketones is 1. The Balaban J connectivity index is 1.32. The van der Waals surface area contributed by atoms with Gasteiger partial charge < -0.3 is 20.3 Å². The Morgan fingerprint density at radius 2 is 1.08 bits per heavy atom. The molecule has 0 atom stereocenters. The number of nitrogens with zero attached hydrogens (tertiary/aromatic N) is 2. The molecule has 176 valence electrons. The molecule has 0 amide bonds. The zero-order valence-electron chi connectivity index (χ0n) is 18.5. The fraction of sp³-hybridized carbons (Fsp3) is 0. The van der Waals surface area contributed by atoms with Crippen LogP contribution < -0.4 is 11.5 Å². The Hall–Kier alpha value is -5.05. The van der Waals surface area contributed by atoms with Crippen molar-refractivity contribution in [3.8, 4) is 22.9 Å². The maximum Gasteiger partial charge on any atom is 0.227 e. The van der Waals surface area contributed by atoms with Crippen LogP contribution in [0.4, 0.5) is 20.2 Å². The smallest absolute Gasteiger partial charge is 0.227 e. The minimum atomic E-state index is -0.571. The number of carbonyl (C=O) groups is 1. The lowest BCUT2D eigenvalue weighted by Crippen LogP contribution is -2.00. The predicted octanol–water partition coefficient (Wildman–Crippen LogP) is 5.98. The Kier molecular flexibility index (Phi) is 4.78. The van der Waals surface area contributed by atoms with Crippen LogP contribution >= 0.6 is 0 Å². The highest BCUT2D eigenvalue weighted by Crippen LogP contribution is 2.29. The van der Waals surface area contributed by atoms with Gasteiger partial charge >= 0.3 is 0 Å². The number of carbonyl (C=O) groups excluding carboxylic acids is 1. The molecular weight excluding hydrogens is 466 g/mol. The molecular formula is C27H16F2N4O3. The van der Waals surface area contributed by atoms with Crippen LogP contribution in [0.25, 0.3) is 45.1 Å². The molecule has 0 aliphatic rings. The molecule has 0 aliphatic heterocycles. The molecule has 2 aromatic heterocycles. The van der Waals surface area contributed by atoms with Gasteiger partial charge in [-0.1, -0.05) is 0 Å². The number of anilines is 2. The maximum absolute atomic E-state index is 13.8. The van der Waals surface area contributed by atoms with Crippen LogP contribution in [0, 0.1) is 11.6 Å². The van der Waals surface area contributed by atoms with Gasteiger partial charge in [0.25, 0.3) is 0 Å². The van der Waals surface area contributed by atoms with E-state index in [0.29, 0.717) is 44.5 Å². The van der Waals surface area contributed by atoms with Crippen LogP contribution in [0.2, 0.25) is 0 Å². The molecule has 2 heterocycles. The Bertz CT molecular complexity index is 1690. The van der Waals surface area contributed by atoms with Crippen molar-refractivity contribution in [1.29, 1.82) is 0 Å². The van der Waals surface area contributed by atoms with Crippen LogP contribution in [0.5, 0.6) is 0 Å². The SMILES string of the molecule is Nc1ccc(-c2nc3cc(C(=O)c4ccc5oc(-c6ccc(N)c(F)c6)nc5c4)ccc3o2)cc1F. The highest BCUT2D eigenvalue weighted by Gasteiger charge is 2.17. The quantitative estimate of drug-likeness (QED) is 0.234. The third-order valence-corrected chi connectivity index (χ3v) is 5.79. The summed E-state index contributed by atoms with van der Waals surface area (Å²) in [5.74, 6) is -0.977. The lowest BCUT2D eigenvalue weighted by molar-refractivity contribution is 0.103. The standard InChI is InChI=1S/C27H16F2N4O3/c28-17-9-15(1-5-19(17)30)26-32-21-11-13(3-7-23(21)35-26)25(34)14-4-8-24-22(12-14)33-27(36-24)16-2-6-20(31)18(29)10-16/h1-12H,30-31H2. The molecule has 6 aromatic rings. The summed E-state index contributed by atoms with van der Waals surface area (Å²) in [5.41, 5.74) is 14.5. The summed E-state index contributed by atoms with van der Waals surface area (Å²) < 4.78 is 39.1. The van der Waals surface area contributed by atoms with Crippen molar-refractivity contribution in [3.05, 3.63) is 95.6 Å². The largest absolute Gasteiger partial charge is 0.436 e. The number of benzene rings is 4. The average Bonchev–Trinajstić information content (AvgIpc) is 3.50. The first kappa shape index (κ1) is 21.5. The molecule has 0 unspecified atom stereocenters. The van der Waals surface area contributed by atoms with Gasteiger partial charge in [0, 0.05) is 22.3 Å². The summed E-state index contributed by atoms with van der Waals surface area (Å²) in [4.78, 5) is 22.0. The van der Waals surface area contributed by atoms with Crippen molar-refractivity contribution in [2.24, 2.45) is 0 Å². The molecule has 36 heavy (non-hydrogen) atoms. The van der Waals surface area contributed by atoms with Crippen LogP contribution in [0.3, 0.4) is 0 Å². The molecule has 7 nitrogen and oxygen atoms in total. The zero-order valence-corrected chi connectivity index (χ0v) is 18.5. The molecule has 0 saturated carbocycles. The molecule has 0 radical (unpaired) electrons. The fourth-order valence-corrected chi connectivity index (χ4v) is 3.87. The maximum atomic E-state index is 13.8. The van der Waals surface area contributed by atoms with Crippen LogP contribution in [-0.2, 0) is 0 Å². The molecule has 4 aromatic carbocycles. The second-order valence-corrected chi connectivity index (χ2v) is 8.20. The fourth-order valence-electron chi connectivity index (χ4n) is 3.87. The summed E-state index contributed by atoms with van der Waals surface area (Å²) in [6.07, 6.45) is 0. The number of fused-ring (bicyclic) bond motifs is 2. The van der Waals surface area contributed by atoms with E-state index in [1.54, 1.807) is 48.5 Å². The first-order valence-electron chi connectivity index (χ1n) is 10.8. The van der Waals surface area contributed by atoms with Gasteiger partial charge in [-0.15, -0.1) is 0 Å². The van der Waals surface area contributed by atoms with E-state index in [4.69, 9.17) is 20.3 Å². The van der Waals surface area contributed by atoms with Crippen LogP contribution in [0.15, 0.2) is 81.6 Å². The second-order valence-electron chi connectivity index (χ2n) is 8.20. The third-order valence-electron chi connectivity index (χ3n) is 5.79. The van der Waals surface area contributed by atoms with Gasteiger partial charge in [0.05, 0.1) is 11.4 Å². The van der Waals surface area contributed by atoms with Gasteiger partial charge in [-0.25, -0.2) is 18.7 Å². The van der Waals surface area contributed by atoms with Crippen molar-refractivity contribution >= 4 is 39.4 Å². The minimum Gasteiger partial charge on any atom is -0.436 e. The van der Waals surface area contributed by atoms with E-state index < -0.39 is 11.6 Å². The van der Waals surface area contributed by atoms with Crippen molar-refractivity contribution in [3.63, 3.8) is 0 Å². The van der Waals surface area contributed by atoms with E-state index in [9.17, 15) is 13.6 Å². The van der Waals surface area contributed by atoms with Gasteiger partial charge in [0.1, 0.15) is 22.7 Å². The highest BCUT2D eigenvalue weighted by molar-refractivity contribution is 6.11. The summed E-state index contributed by atoms with van der Waals surface area (Å²) in [7, 11) is 0. The number of rotatable bonds is 4. The summed E-state index contributed by atoms with van der Waals surface area (Å²) in [5, 5.41) is 0. The molecule has 9 heteroatoms. The van der Waals surface area contributed by atoms with Crippen LogP contribution in [0.1, 0.15) is 15.9 Å². The van der Waals surface area contributed by atoms with Gasteiger partial charge in [-0.3, -0.25) is 4.79 Å². The third kappa shape index (κ3) is 3.63. The Morgan fingerprint density at radius 3 is 1.50 bits per heavy atom. The van der Waals surface area contributed by atoms with Gasteiger partial charge in [0.15, 0.2) is 16.9 Å². The van der Waals surface area contributed by atoms with Crippen molar-refractivity contribution in [2.75, 3.05) is 11.5 Å². The first-order chi connectivity index (χ1) is 17.4. The first-order valence-corrected chi connectivity index (χ1v) is 10.8. The highest BCUT2D eigenvalue weighted by atomic mass is 19.1. The van der Waals surface area contributed by atoms with Gasteiger partial charge in [0.2, 0.25) is 11.8 Å². The minimum absolute atomic E-state index is 0.0274. The van der Waals surface area contributed by atoms with Gasteiger partial charge in [-0.05, 0) is 72.8 Å². The van der Waals surface area contributed by atoms with Crippen molar-refractivity contribution in [1.82, 2.24) is 9.97 Å². The monoisotopic (exact) mass is 482 g/mol. The van der Waals surface area contributed by atoms with Crippen LogP contribution in [-0.4, -0.2) is 15.8 Å². The summed E-state index contributed by atoms with van der Waals surface area (Å²) in [6.45, 7) is 0. The summed E-state index contributed by atoms with van der Waals surface area (Å²) >= 11 is 0. The molecule has 4 N–H and O–H groups in total. The van der Waals surface area contributed by atoms with Crippen molar-refractivity contribution in [2.45, 2.75) is 0 Å². The zero-order chi connectivity index (χ0) is 25.0. The second kappa shape index (κ2) is 8.02. The Labute approximate surface area is 202 Å². The van der Waals surface area contributed by atoms with E-state index >= 15 is 0 Å². The lowest BCUT2D eigenvalue weighted by atomic mass is 10.0. The molecule has 0 fully saturated rings. The Morgan fingerprint density at radius 1 is 0.639 bits per heavy atom. The number of nitrogen functional groups attached to an aromatic ring is 2. The number of hydrogen-bond donors (Lipinski definition) is 2. The molecule has 6 rings (SSSR count). The summed E-state index contributed by atoms with van der Waals surface area (Å²) in [6, 6.07) is 18.3. The number of halogens is 2. The van der Waals surface area contributed by atoms with Crippen molar-refractivity contribution < 1.29 is 22.4 Å². The predicted molar refractivity (Wildman–Crippen MR) is 131 cm³/mol. The van der Waals surface area contributed by atoms with E-state index in [1.807, 2.05) is 0 Å². The van der Waals surface area contributed by atoms with E-state index in [1.165, 1.54) is 24.3 Å². The number of aromatic nitrogens is 2. The average molecular weight is 482 g/mol. The molecule has 0 spiro atoms. The number of oxazole rings is 2. The topological polar surface area (TPSA) is 121 Å². The number of nitrogens with two attached hydrogens (primary N) is 2. The van der Waals surface area contributed by atoms with E-state index in [-0.39, 0.29) is 28.9 Å².